The molecule has 1 rings (SSSR count). The van der Waals surface area contributed by atoms with Crippen LogP contribution in [0.1, 0.15) is 5.56 Å². The Morgan fingerprint density at radius 2 is 2.36 bits per heavy atom. The molecule has 0 saturated heterocycles. The topological polar surface area (TPSA) is 35.5 Å². The summed E-state index contributed by atoms with van der Waals surface area (Å²) in [7, 11) is 1.59. The maximum atomic E-state index is 10.8. The Hall–Kier alpha value is -1.77. The summed E-state index contributed by atoms with van der Waals surface area (Å²) in [6, 6.07) is 7.35. The molecule has 0 unspecified atom stereocenters. The third kappa shape index (κ3) is 2.94. The lowest BCUT2D eigenvalue weighted by atomic mass is 10.2. The molecule has 1 aromatic rings. The zero-order valence-electron chi connectivity index (χ0n) is 8.03. The third-order valence-electron chi connectivity index (χ3n) is 1.68. The van der Waals surface area contributed by atoms with Gasteiger partial charge in [-0.1, -0.05) is 18.7 Å². The van der Waals surface area contributed by atoms with Crippen molar-refractivity contribution in [3.63, 3.8) is 0 Å². The van der Waals surface area contributed by atoms with Gasteiger partial charge in [-0.3, -0.25) is 0 Å². The first kappa shape index (κ1) is 10.3. The zero-order chi connectivity index (χ0) is 10.4. The van der Waals surface area contributed by atoms with Crippen molar-refractivity contribution >= 4 is 5.97 Å². The van der Waals surface area contributed by atoms with Crippen LogP contribution in [0, 0.1) is 0 Å². The third-order valence-corrected chi connectivity index (χ3v) is 1.68. The fourth-order valence-corrected chi connectivity index (χ4v) is 0.976. The summed E-state index contributed by atoms with van der Waals surface area (Å²) >= 11 is 0. The van der Waals surface area contributed by atoms with Crippen LogP contribution in [0.3, 0.4) is 0 Å². The van der Waals surface area contributed by atoms with Gasteiger partial charge in [0.25, 0.3) is 0 Å². The van der Waals surface area contributed by atoms with Crippen molar-refractivity contribution in [1.29, 1.82) is 0 Å². The molecule has 0 atom stereocenters. The number of benzene rings is 1. The minimum absolute atomic E-state index is 0.238. The molecule has 0 heterocycles. The van der Waals surface area contributed by atoms with Gasteiger partial charge < -0.3 is 9.47 Å². The standard InChI is InChI=1S/C11H12O3/c1-3-11(12)14-8-9-5-4-6-10(7-9)13-2/h3-7H,1,8H2,2H3. The van der Waals surface area contributed by atoms with E-state index in [0.29, 0.717) is 0 Å². The molecule has 0 radical (unpaired) electrons. The van der Waals surface area contributed by atoms with Crippen molar-refractivity contribution in [2.75, 3.05) is 7.11 Å². The second kappa shape index (κ2) is 5.07. The van der Waals surface area contributed by atoms with E-state index in [2.05, 4.69) is 6.58 Å². The maximum Gasteiger partial charge on any atom is 0.330 e. The monoisotopic (exact) mass is 192 g/mol. The van der Waals surface area contributed by atoms with Crippen LogP contribution in [0.2, 0.25) is 0 Å². The minimum atomic E-state index is -0.423. The quantitative estimate of drug-likeness (QED) is 0.540. The predicted molar refractivity (Wildman–Crippen MR) is 53.0 cm³/mol. The van der Waals surface area contributed by atoms with Crippen LogP contribution < -0.4 is 4.74 Å². The molecular formula is C11H12O3. The average Bonchev–Trinajstić information content (AvgIpc) is 2.26. The van der Waals surface area contributed by atoms with E-state index in [0.717, 1.165) is 17.4 Å². The van der Waals surface area contributed by atoms with E-state index in [-0.39, 0.29) is 6.61 Å². The van der Waals surface area contributed by atoms with E-state index < -0.39 is 5.97 Å². The van der Waals surface area contributed by atoms with E-state index in [1.54, 1.807) is 7.11 Å². The first-order valence-electron chi connectivity index (χ1n) is 4.18. The summed E-state index contributed by atoms with van der Waals surface area (Å²) in [4.78, 5) is 10.8. The molecule has 0 amide bonds. The van der Waals surface area contributed by atoms with E-state index in [4.69, 9.17) is 9.47 Å². The Labute approximate surface area is 83.0 Å². The van der Waals surface area contributed by atoms with Gasteiger partial charge >= 0.3 is 5.97 Å². The highest BCUT2D eigenvalue weighted by molar-refractivity contribution is 5.81. The number of ether oxygens (including phenoxy) is 2. The number of methoxy groups -OCH3 is 1. The molecule has 74 valence electrons. The number of hydrogen-bond acceptors (Lipinski definition) is 3. The average molecular weight is 192 g/mol. The molecule has 0 aliphatic rings. The van der Waals surface area contributed by atoms with Gasteiger partial charge in [-0.15, -0.1) is 0 Å². The van der Waals surface area contributed by atoms with Gasteiger partial charge in [-0.05, 0) is 17.7 Å². The molecule has 0 fully saturated rings. The molecule has 0 spiro atoms. The SMILES string of the molecule is C=CC(=O)OCc1cccc(OC)c1. The number of rotatable bonds is 4. The lowest BCUT2D eigenvalue weighted by Crippen LogP contribution is -2.00. The first-order chi connectivity index (χ1) is 6.76. The second-order valence-corrected chi connectivity index (χ2v) is 2.66. The normalized spacial score (nSPS) is 9.21. The lowest BCUT2D eigenvalue weighted by Gasteiger charge is -2.04. The van der Waals surface area contributed by atoms with Gasteiger partial charge in [-0.2, -0.15) is 0 Å². The maximum absolute atomic E-state index is 10.8. The highest BCUT2D eigenvalue weighted by Crippen LogP contribution is 2.13. The van der Waals surface area contributed by atoms with Crippen LogP contribution in [0.25, 0.3) is 0 Å². The Bertz CT molecular complexity index is 331. The van der Waals surface area contributed by atoms with Gasteiger partial charge in [0, 0.05) is 6.08 Å². The second-order valence-electron chi connectivity index (χ2n) is 2.66. The summed E-state index contributed by atoms with van der Waals surface area (Å²) in [6.07, 6.45) is 1.14. The Morgan fingerprint density at radius 1 is 1.57 bits per heavy atom. The molecule has 3 nitrogen and oxygen atoms in total. The van der Waals surface area contributed by atoms with E-state index >= 15 is 0 Å². The van der Waals surface area contributed by atoms with Gasteiger partial charge in [0.2, 0.25) is 0 Å². The Balaban J connectivity index is 2.58. The van der Waals surface area contributed by atoms with E-state index in [9.17, 15) is 4.79 Å². The number of carbonyl (C=O) groups excluding carboxylic acids is 1. The number of esters is 1. The van der Waals surface area contributed by atoms with Crippen molar-refractivity contribution in [2.24, 2.45) is 0 Å². The molecule has 0 aromatic heterocycles. The Kier molecular flexibility index (Phi) is 3.73. The highest BCUT2D eigenvalue weighted by Gasteiger charge is 1.98. The molecule has 3 heteroatoms. The van der Waals surface area contributed by atoms with Crippen LogP contribution in [0.15, 0.2) is 36.9 Å². The summed E-state index contributed by atoms with van der Waals surface area (Å²) in [5.74, 6) is 0.324. The molecule has 0 bridgehead atoms. The van der Waals surface area contributed by atoms with Gasteiger partial charge in [0.1, 0.15) is 12.4 Å². The van der Waals surface area contributed by atoms with Crippen molar-refractivity contribution < 1.29 is 14.3 Å². The fourth-order valence-electron chi connectivity index (χ4n) is 0.976. The summed E-state index contributed by atoms with van der Waals surface area (Å²) in [6.45, 7) is 3.55. The van der Waals surface area contributed by atoms with Crippen LogP contribution in [0.5, 0.6) is 5.75 Å². The lowest BCUT2D eigenvalue weighted by molar-refractivity contribution is -0.138. The smallest absolute Gasteiger partial charge is 0.330 e. The summed E-state index contributed by atoms with van der Waals surface area (Å²) in [5.41, 5.74) is 0.888. The molecule has 1 aromatic carbocycles. The largest absolute Gasteiger partial charge is 0.497 e. The summed E-state index contributed by atoms with van der Waals surface area (Å²) < 4.78 is 9.89. The molecule has 0 aliphatic heterocycles. The molecule has 0 N–H and O–H groups in total. The predicted octanol–water partition coefficient (Wildman–Crippen LogP) is 1.92. The Morgan fingerprint density at radius 3 is 3.00 bits per heavy atom. The first-order valence-corrected chi connectivity index (χ1v) is 4.18. The molecule has 14 heavy (non-hydrogen) atoms. The van der Waals surface area contributed by atoms with Crippen molar-refractivity contribution in [1.82, 2.24) is 0 Å². The number of hydrogen-bond donors (Lipinski definition) is 0. The zero-order valence-corrected chi connectivity index (χ0v) is 8.03. The molecule has 0 saturated carbocycles. The van der Waals surface area contributed by atoms with E-state index in [1.165, 1.54) is 0 Å². The van der Waals surface area contributed by atoms with Gasteiger partial charge in [0.15, 0.2) is 0 Å². The van der Waals surface area contributed by atoms with Crippen molar-refractivity contribution in [3.05, 3.63) is 42.5 Å². The van der Waals surface area contributed by atoms with Crippen molar-refractivity contribution in [3.8, 4) is 5.75 Å². The summed E-state index contributed by atoms with van der Waals surface area (Å²) in [5, 5.41) is 0. The molecule has 0 aliphatic carbocycles. The minimum Gasteiger partial charge on any atom is -0.497 e. The number of carbonyl (C=O) groups is 1. The van der Waals surface area contributed by atoms with Gasteiger partial charge in [-0.25, -0.2) is 4.79 Å². The van der Waals surface area contributed by atoms with Gasteiger partial charge in [0.05, 0.1) is 7.11 Å². The van der Waals surface area contributed by atoms with Crippen LogP contribution >= 0.6 is 0 Å². The van der Waals surface area contributed by atoms with Crippen LogP contribution in [-0.4, -0.2) is 13.1 Å². The van der Waals surface area contributed by atoms with Crippen LogP contribution in [0.4, 0.5) is 0 Å². The fraction of sp³-hybridized carbons (Fsp3) is 0.182. The van der Waals surface area contributed by atoms with E-state index in [1.807, 2.05) is 24.3 Å². The highest BCUT2D eigenvalue weighted by atomic mass is 16.5. The van der Waals surface area contributed by atoms with Crippen LogP contribution in [-0.2, 0) is 16.1 Å². The van der Waals surface area contributed by atoms with Crippen molar-refractivity contribution in [2.45, 2.75) is 6.61 Å². The molecular weight excluding hydrogens is 180 g/mol.